The molecule has 1 saturated carbocycles. The van der Waals surface area contributed by atoms with E-state index in [9.17, 15) is 13.6 Å². The first-order chi connectivity index (χ1) is 16.4. The van der Waals surface area contributed by atoms with E-state index in [1.165, 1.54) is 6.92 Å². The van der Waals surface area contributed by atoms with Crippen molar-refractivity contribution in [3.8, 4) is 11.3 Å². The monoisotopic (exact) mass is 471 g/mol. The van der Waals surface area contributed by atoms with Gasteiger partial charge in [0.25, 0.3) is 6.43 Å². The molecule has 4 aromatic rings. The lowest BCUT2D eigenvalue weighted by molar-refractivity contribution is -0.120. The number of hydrogen-bond donors (Lipinski definition) is 3. The number of imidazole rings is 1. The molecule has 1 aliphatic carbocycles. The summed E-state index contributed by atoms with van der Waals surface area (Å²) in [5.41, 5.74) is 1.96. The Balaban J connectivity index is 0.00000133. The van der Waals surface area contributed by atoms with Gasteiger partial charge in [0.05, 0.1) is 11.9 Å². The Morgan fingerprint density at radius 3 is 2.59 bits per heavy atom. The van der Waals surface area contributed by atoms with Crippen LogP contribution in [-0.2, 0) is 4.79 Å². The molecule has 0 atom stereocenters. The molecule has 1 amide bonds. The summed E-state index contributed by atoms with van der Waals surface area (Å²) in [5.74, 6) is 0.988. The molecule has 12 heteroatoms. The molecule has 0 unspecified atom stereocenters. The SMILES string of the molecule is CC.CNc1nc(NC2CC(NC(C)=O)C2)nn2ccc(-c3ccc4ncc(C(F)F)n4n3)c12. The minimum Gasteiger partial charge on any atom is -0.371 e. The number of carbonyl (C=O) groups is 1. The lowest BCUT2D eigenvalue weighted by Gasteiger charge is -2.36. The Kier molecular flexibility index (Phi) is 6.57. The molecule has 180 valence electrons. The first-order valence-electron chi connectivity index (χ1n) is 11.2. The number of rotatable bonds is 6. The largest absolute Gasteiger partial charge is 0.371 e. The molecule has 4 aromatic heterocycles. The normalized spacial score (nSPS) is 17.3. The maximum atomic E-state index is 13.3. The van der Waals surface area contributed by atoms with E-state index < -0.39 is 6.43 Å². The highest BCUT2D eigenvalue weighted by molar-refractivity contribution is 5.87. The van der Waals surface area contributed by atoms with Gasteiger partial charge < -0.3 is 16.0 Å². The van der Waals surface area contributed by atoms with E-state index in [-0.39, 0.29) is 23.7 Å². The summed E-state index contributed by atoms with van der Waals surface area (Å²) < 4.78 is 29.4. The van der Waals surface area contributed by atoms with Crippen molar-refractivity contribution in [2.45, 2.75) is 52.1 Å². The van der Waals surface area contributed by atoms with E-state index in [0.717, 1.165) is 23.6 Å². The quantitative estimate of drug-likeness (QED) is 0.394. The first kappa shape index (κ1) is 23.3. The lowest BCUT2D eigenvalue weighted by Crippen LogP contribution is -2.49. The molecular weight excluding hydrogens is 444 g/mol. The molecule has 0 spiro atoms. The van der Waals surface area contributed by atoms with Crippen LogP contribution in [0.25, 0.3) is 22.4 Å². The highest BCUT2D eigenvalue weighted by Gasteiger charge is 2.30. The molecule has 1 aliphatic rings. The summed E-state index contributed by atoms with van der Waals surface area (Å²) >= 11 is 0. The Morgan fingerprint density at radius 1 is 1.15 bits per heavy atom. The smallest absolute Gasteiger partial charge is 0.282 e. The fourth-order valence-corrected chi connectivity index (χ4v) is 3.97. The maximum Gasteiger partial charge on any atom is 0.282 e. The number of fused-ring (bicyclic) bond motifs is 2. The van der Waals surface area contributed by atoms with E-state index in [4.69, 9.17) is 0 Å². The number of carbonyl (C=O) groups excluding carboxylic acids is 1. The standard InChI is InChI=1S/C20H21F2N9O.C2H6/c1-10(32)25-11-7-12(8-11)26-20-27-19(23-2)17-13(5-6-30(17)29-20)14-3-4-16-24-9-15(18(21)22)31(16)28-14;1-2/h3-6,9,11-12,18H,7-8H2,1-2H3,(H,25,32)(H2,23,26,27,29);1-2H3. The third-order valence-electron chi connectivity index (χ3n) is 5.51. The fourth-order valence-electron chi connectivity index (χ4n) is 3.97. The van der Waals surface area contributed by atoms with E-state index >= 15 is 0 Å². The van der Waals surface area contributed by atoms with Crippen LogP contribution in [0.1, 0.15) is 45.7 Å². The molecule has 4 heterocycles. The Labute approximate surface area is 194 Å². The zero-order valence-electron chi connectivity index (χ0n) is 19.4. The van der Waals surface area contributed by atoms with Gasteiger partial charge in [-0.3, -0.25) is 4.79 Å². The summed E-state index contributed by atoms with van der Waals surface area (Å²) in [5, 5.41) is 18.2. The highest BCUT2D eigenvalue weighted by atomic mass is 19.3. The minimum absolute atomic E-state index is 0.0355. The predicted molar refractivity (Wildman–Crippen MR) is 125 cm³/mol. The van der Waals surface area contributed by atoms with Gasteiger partial charge in [-0.05, 0) is 31.0 Å². The Hall–Kier alpha value is -3.83. The number of aromatic nitrogens is 6. The Bertz CT molecular complexity index is 1310. The molecule has 0 aromatic carbocycles. The molecule has 10 nitrogen and oxygen atoms in total. The van der Waals surface area contributed by atoms with Gasteiger partial charge in [0.15, 0.2) is 11.5 Å². The van der Waals surface area contributed by atoms with Crippen molar-refractivity contribution in [1.29, 1.82) is 0 Å². The molecule has 0 radical (unpaired) electrons. The van der Waals surface area contributed by atoms with Gasteiger partial charge >= 0.3 is 0 Å². The third-order valence-corrected chi connectivity index (χ3v) is 5.51. The fraction of sp³-hybridized carbons (Fsp3) is 0.409. The molecule has 0 bridgehead atoms. The number of nitrogens with zero attached hydrogens (tertiary/aromatic N) is 6. The van der Waals surface area contributed by atoms with Crippen LogP contribution >= 0.6 is 0 Å². The van der Waals surface area contributed by atoms with Crippen molar-refractivity contribution in [3.05, 3.63) is 36.3 Å². The first-order valence-corrected chi connectivity index (χ1v) is 11.2. The summed E-state index contributed by atoms with van der Waals surface area (Å²) in [4.78, 5) is 19.7. The number of hydrogen-bond acceptors (Lipinski definition) is 7. The van der Waals surface area contributed by atoms with Crippen molar-refractivity contribution in [2.75, 3.05) is 17.7 Å². The van der Waals surface area contributed by atoms with Gasteiger partial charge in [-0.15, -0.1) is 5.10 Å². The van der Waals surface area contributed by atoms with Crippen LogP contribution in [-0.4, -0.2) is 54.2 Å². The van der Waals surface area contributed by atoms with Crippen LogP contribution in [0.5, 0.6) is 0 Å². The van der Waals surface area contributed by atoms with Crippen LogP contribution < -0.4 is 16.0 Å². The Morgan fingerprint density at radius 2 is 1.91 bits per heavy atom. The van der Waals surface area contributed by atoms with Crippen molar-refractivity contribution < 1.29 is 13.6 Å². The third kappa shape index (κ3) is 4.35. The van der Waals surface area contributed by atoms with Crippen LogP contribution in [0.2, 0.25) is 0 Å². The van der Waals surface area contributed by atoms with Crippen LogP contribution in [0, 0.1) is 0 Å². The van der Waals surface area contributed by atoms with Crippen LogP contribution in [0.4, 0.5) is 20.5 Å². The van der Waals surface area contributed by atoms with Gasteiger partial charge in [0, 0.05) is 37.8 Å². The predicted octanol–water partition coefficient (Wildman–Crippen LogP) is 3.52. The average molecular weight is 472 g/mol. The number of nitrogens with one attached hydrogen (secondary N) is 3. The maximum absolute atomic E-state index is 13.3. The molecule has 0 aliphatic heterocycles. The molecule has 34 heavy (non-hydrogen) atoms. The van der Waals surface area contributed by atoms with Gasteiger partial charge in [-0.1, -0.05) is 13.8 Å². The number of anilines is 2. The van der Waals surface area contributed by atoms with E-state index in [0.29, 0.717) is 34.2 Å². The van der Waals surface area contributed by atoms with Gasteiger partial charge in [-0.2, -0.15) is 10.1 Å². The summed E-state index contributed by atoms with van der Waals surface area (Å²) in [6, 6.07) is 5.53. The topological polar surface area (TPSA) is 114 Å². The van der Waals surface area contributed by atoms with E-state index in [1.807, 2.05) is 19.9 Å². The number of amides is 1. The lowest BCUT2D eigenvalue weighted by atomic mass is 9.87. The van der Waals surface area contributed by atoms with Crippen LogP contribution in [0.3, 0.4) is 0 Å². The van der Waals surface area contributed by atoms with Gasteiger partial charge in [0.2, 0.25) is 11.9 Å². The molecule has 3 N–H and O–H groups in total. The van der Waals surface area contributed by atoms with Crippen molar-refractivity contribution in [3.63, 3.8) is 0 Å². The van der Waals surface area contributed by atoms with Gasteiger partial charge in [0.1, 0.15) is 11.2 Å². The second-order valence-corrected chi connectivity index (χ2v) is 7.74. The van der Waals surface area contributed by atoms with Crippen molar-refractivity contribution in [1.82, 2.24) is 34.5 Å². The zero-order valence-corrected chi connectivity index (χ0v) is 19.4. The summed E-state index contributed by atoms with van der Waals surface area (Å²) in [6.45, 7) is 5.51. The summed E-state index contributed by atoms with van der Waals surface area (Å²) in [7, 11) is 1.75. The number of halogens is 2. The van der Waals surface area contributed by atoms with Crippen molar-refractivity contribution in [2.24, 2.45) is 0 Å². The summed E-state index contributed by atoms with van der Waals surface area (Å²) in [6.07, 6.45) is 1.82. The average Bonchev–Trinajstić information content (AvgIpc) is 3.42. The van der Waals surface area contributed by atoms with E-state index in [2.05, 4.69) is 36.1 Å². The van der Waals surface area contributed by atoms with Crippen molar-refractivity contribution >= 4 is 28.8 Å². The second kappa shape index (κ2) is 9.57. The minimum atomic E-state index is -2.68. The molecular formula is C22H27F2N9O. The highest BCUT2D eigenvalue weighted by Crippen LogP contribution is 2.31. The van der Waals surface area contributed by atoms with E-state index in [1.54, 1.807) is 29.9 Å². The molecule has 5 rings (SSSR count). The molecule has 0 saturated heterocycles. The molecule has 1 fully saturated rings. The van der Waals surface area contributed by atoms with Crippen LogP contribution in [0.15, 0.2) is 30.6 Å². The zero-order chi connectivity index (χ0) is 24.4. The van der Waals surface area contributed by atoms with Gasteiger partial charge in [-0.25, -0.2) is 22.8 Å². The second-order valence-electron chi connectivity index (χ2n) is 7.74. The number of alkyl halides is 2.